The van der Waals surface area contributed by atoms with Gasteiger partial charge in [-0.3, -0.25) is 0 Å². The first-order valence-corrected chi connectivity index (χ1v) is 7.34. The molecule has 0 saturated carbocycles. The zero-order valence-electron chi connectivity index (χ0n) is 9.84. The van der Waals surface area contributed by atoms with Gasteiger partial charge in [0.1, 0.15) is 6.35 Å². The Kier molecular flexibility index (Phi) is 6.27. The van der Waals surface area contributed by atoms with Crippen molar-refractivity contribution in [1.82, 2.24) is 0 Å². The summed E-state index contributed by atoms with van der Waals surface area (Å²) in [5, 5.41) is 0. The van der Waals surface area contributed by atoms with Crippen molar-refractivity contribution in [2.45, 2.75) is 0 Å². The number of ether oxygens (including phenoxy) is 1. The summed E-state index contributed by atoms with van der Waals surface area (Å²) >= 11 is 0. The Morgan fingerprint density at radius 1 is 1.18 bits per heavy atom. The van der Waals surface area contributed by atoms with Crippen LogP contribution in [0.5, 0.6) is 0 Å². The second kappa shape index (κ2) is 7.81. The Labute approximate surface area is 104 Å². The first kappa shape index (κ1) is 13.7. The molecule has 17 heavy (non-hydrogen) atoms. The largest absolute Gasteiger partial charge is 0.458 e. The van der Waals surface area contributed by atoms with Gasteiger partial charge in [-0.05, 0) is 24.5 Å². The second-order valence-electron chi connectivity index (χ2n) is 3.54. The normalized spacial score (nSPS) is 9.94. The number of allylic oxidation sites excluding steroid dienone is 2. The van der Waals surface area contributed by atoms with E-state index < -0.39 is 0 Å². The van der Waals surface area contributed by atoms with Gasteiger partial charge < -0.3 is 4.74 Å². The SMILES string of the molecule is C=CCP(CC=C)COC(=O)c1ccccc1. The van der Waals surface area contributed by atoms with Gasteiger partial charge in [-0.15, -0.1) is 13.2 Å². The van der Waals surface area contributed by atoms with E-state index >= 15 is 0 Å². The lowest BCUT2D eigenvalue weighted by molar-refractivity contribution is 0.0575. The topological polar surface area (TPSA) is 26.3 Å². The fraction of sp³-hybridized carbons (Fsp3) is 0.214. The molecule has 0 radical (unpaired) electrons. The van der Waals surface area contributed by atoms with Crippen molar-refractivity contribution in [2.75, 3.05) is 18.7 Å². The highest BCUT2D eigenvalue weighted by Gasteiger charge is 2.10. The zero-order chi connectivity index (χ0) is 12.5. The van der Waals surface area contributed by atoms with Crippen LogP contribution in [0.3, 0.4) is 0 Å². The quantitative estimate of drug-likeness (QED) is 0.418. The summed E-state index contributed by atoms with van der Waals surface area (Å²) in [4.78, 5) is 11.7. The summed E-state index contributed by atoms with van der Waals surface area (Å²) in [7, 11) is -0.363. The smallest absolute Gasteiger partial charge is 0.338 e. The summed E-state index contributed by atoms with van der Waals surface area (Å²) in [6.07, 6.45) is 5.99. The molecule has 0 heterocycles. The Hall–Kier alpha value is -1.40. The van der Waals surface area contributed by atoms with Gasteiger partial charge in [-0.1, -0.05) is 38.3 Å². The average Bonchev–Trinajstić information content (AvgIpc) is 2.37. The van der Waals surface area contributed by atoms with E-state index in [0.717, 1.165) is 12.3 Å². The van der Waals surface area contributed by atoms with Gasteiger partial charge in [0.15, 0.2) is 0 Å². The fourth-order valence-electron chi connectivity index (χ4n) is 1.35. The molecule has 0 bridgehead atoms. The minimum Gasteiger partial charge on any atom is -0.458 e. The van der Waals surface area contributed by atoms with Crippen LogP contribution in [-0.4, -0.2) is 24.6 Å². The molecule has 2 nitrogen and oxygen atoms in total. The van der Waals surface area contributed by atoms with E-state index in [1.54, 1.807) is 12.1 Å². The minimum absolute atomic E-state index is 0.258. The molecule has 0 fully saturated rings. The predicted molar refractivity (Wildman–Crippen MR) is 73.8 cm³/mol. The Balaban J connectivity index is 2.46. The summed E-state index contributed by atoms with van der Waals surface area (Å²) in [6, 6.07) is 9.04. The summed E-state index contributed by atoms with van der Waals surface area (Å²) in [5.41, 5.74) is 0.597. The molecule has 0 aliphatic carbocycles. The number of carbonyl (C=O) groups is 1. The second-order valence-corrected chi connectivity index (χ2v) is 5.87. The van der Waals surface area contributed by atoms with Gasteiger partial charge in [0.25, 0.3) is 0 Å². The molecule has 0 aliphatic rings. The van der Waals surface area contributed by atoms with Crippen LogP contribution in [-0.2, 0) is 4.74 Å². The molecule has 90 valence electrons. The zero-order valence-corrected chi connectivity index (χ0v) is 10.7. The number of benzene rings is 1. The highest BCUT2D eigenvalue weighted by Crippen LogP contribution is 2.35. The summed E-state index contributed by atoms with van der Waals surface area (Å²) < 4.78 is 5.29. The molecule has 0 amide bonds. The average molecular weight is 248 g/mol. The third-order valence-corrected chi connectivity index (χ3v) is 4.21. The first-order chi connectivity index (χ1) is 8.27. The van der Waals surface area contributed by atoms with E-state index in [4.69, 9.17) is 4.74 Å². The highest BCUT2D eigenvalue weighted by molar-refractivity contribution is 7.57. The number of hydrogen-bond donors (Lipinski definition) is 0. The maximum absolute atomic E-state index is 11.7. The van der Waals surface area contributed by atoms with Crippen molar-refractivity contribution in [3.05, 3.63) is 61.2 Å². The maximum Gasteiger partial charge on any atom is 0.338 e. The third-order valence-electron chi connectivity index (χ3n) is 2.16. The fourth-order valence-corrected chi connectivity index (χ4v) is 2.74. The van der Waals surface area contributed by atoms with Crippen molar-refractivity contribution in [2.24, 2.45) is 0 Å². The van der Waals surface area contributed by atoms with Crippen LogP contribution in [0.2, 0.25) is 0 Å². The number of esters is 1. The van der Waals surface area contributed by atoms with Gasteiger partial charge in [0, 0.05) is 0 Å². The third kappa shape index (κ3) is 4.97. The molecule has 3 heteroatoms. The van der Waals surface area contributed by atoms with E-state index in [1.807, 2.05) is 30.4 Å². The Morgan fingerprint density at radius 3 is 2.29 bits per heavy atom. The van der Waals surface area contributed by atoms with Crippen molar-refractivity contribution in [1.29, 1.82) is 0 Å². The first-order valence-electron chi connectivity index (χ1n) is 5.44. The number of rotatable bonds is 7. The van der Waals surface area contributed by atoms with E-state index in [1.165, 1.54) is 0 Å². The molecular formula is C14H17O2P. The summed E-state index contributed by atoms with van der Waals surface area (Å²) in [5.74, 6) is -0.258. The van der Waals surface area contributed by atoms with Crippen molar-refractivity contribution in [3.8, 4) is 0 Å². The van der Waals surface area contributed by atoms with Crippen LogP contribution in [0, 0.1) is 0 Å². The molecule has 0 spiro atoms. The molecule has 0 atom stereocenters. The van der Waals surface area contributed by atoms with Gasteiger partial charge in [-0.25, -0.2) is 4.79 Å². The van der Waals surface area contributed by atoms with Crippen LogP contribution in [0.1, 0.15) is 10.4 Å². The van der Waals surface area contributed by atoms with E-state index in [-0.39, 0.29) is 13.9 Å². The van der Waals surface area contributed by atoms with Crippen LogP contribution in [0.25, 0.3) is 0 Å². The van der Waals surface area contributed by atoms with Crippen LogP contribution in [0.15, 0.2) is 55.6 Å². The molecule has 0 aliphatic heterocycles. The van der Waals surface area contributed by atoms with Crippen molar-refractivity contribution < 1.29 is 9.53 Å². The monoisotopic (exact) mass is 248 g/mol. The molecule has 0 unspecified atom stereocenters. The Morgan fingerprint density at radius 2 is 1.76 bits per heavy atom. The molecule has 1 rings (SSSR count). The van der Waals surface area contributed by atoms with E-state index in [0.29, 0.717) is 11.9 Å². The number of carbonyl (C=O) groups excluding carboxylic acids is 1. The van der Waals surface area contributed by atoms with Crippen molar-refractivity contribution in [3.63, 3.8) is 0 Å². The lowest BCUT2D eigenvalue weighted by atomic mass is 10.2. The molecule has 1 aromatic carbocycles. The number of hydrogen-bond acceptors (Lipinski definition) is 2. The predicted octanol–water partition coefficient (Wildman–Crippen LogP) is 3.65. The van der Waals surface area contributed by atoms with Crippen molar-refractivity contribution >= 4 is 13.9 Å². The van der Waals surface area contributed by atoms with Crippen LogP contribution in [0.4, 0.5) is 0 Å². The molecule has 1 aromatic rings. The molecule has 0 aromatic heterocycles. The molecule has 0 saturated heterocycles. The van der Waals surface area contributed by atoms with E-state index in [9.17, 15) is 4.79 Å². The molecular weight excluding hydrogens is 231 g/mol. The van der Waals surface area contributed by atoms with Gasteiger partial charge in [0.05, 0.1) is 5.56 Å². The van der Waals surface area contributed by atoms with Gasteiger partial charge in [0.2, 0.25) is 0 Å². The minimum atomic E-state index is -0.363. The highest BCUT2D eigenvalue weighted by atomic mass is 31.1. The van der Waals surface area contributed by atoms with Crippen LogP contribution >= 0.6 is 7.92 Å². The lowest BCUT2D eigenvalue weighted by Crippen LogP contribution is -2.06. The summed E-state index contributed by atoms with van der Waals surface area (Å²) in [6.45, 7) is 7.42. The van der Waals surface area contributed by atoms with Crippen LogP contribution < -0.4 is 0 Å². The lowest BCUT2D eigenvalue weighted by Gasteiger charge is -2.13. The Bertz CT molecular complexity index is 363. The van der Waals surface area contributed by atoms with Gasteiger partial charge >= 0.3 is 5.97 Å². The van der Waals surface area contributed by atoms with E-state index in [2.05, 4.69) is 13.2 Å². The maximum atomic E-state index is 11.7. The molecule has 0 N–H and O–H groups in total. The van der Waals surface area contributed by atoms with Gasteiger partial charge in [-0.2, -0.15) is 0 Å². The standard InChI is InChI=1S/C14H17O2P/c1-3-10-17(11-4-2)12-16-14(15)13-8-6-5-7-9-13/h3-9H,1-2,10-12H2.